The molecule has 1 fully saturated rings. The summed E-state index contributed by atoms with van der Waals surface area (Å²) in [5.41, 5.74) is 0. The molecule has 0 amide bonds. The van der Waals surface area contributed by atoms with E-state index in [1.54, 1.807) is 0 Å². The van der Waals surface area contributed by atoms with Crippen molar-refractivity contribution >= 4 is 21.5 Å². The summed E-state index contributed by atoms with van der Waals surface area (Å²) in [6.07, 6.45) is 0. The molecule has 1 aliphatic rings. The zero-order valence-electron chi connectivity index (χ0n) is 2.82. The Labute approximate surface area is 42.1 Å². The molecule has 1 saturated heterocycles. The van der Waals surface area contributed by atoms with Crippen molar-refractivity contribution in [2.45, 2.75) is 0 Å². The molecule has 3 heteroatoms. The Morgan fingerprint density at radius 3 is 2.00 bits per heavy atom. The van der Waals surface area contributed by atoms with Crippen molar-refractivity contribution in [3.8, 4) is 0 Å². The molecule has 0 unspecified atom stereocenters. The van der Waals surface area contributed by atoms with Crippen LogP contribution in [0.2, 0.25) is 0 Å². The summed E-state index contributed by atoms with van der Waals surface area (Å²) in [6.45, 7) is 2.39. The topological polar surface area (TPSA) is 24.1 Å². The molecule has 0 aromatic carbocycles. The van der Waals surface area contributed by atoms with Gasteiger partial charge in [-0.05, 0) is 0 Å². The summed E-state index contributed by atoms with van der Waals surface area (Å²) in [5, 5.41) is 0. The van der Waals surface area contributed by atoms with E-state index in [0.29, 0.717) is 0 Å². The number of nitrogens with one attached hydrogen (secondary N) is 2. The van der Waals surface area contributed by atoms with E-state index < -0.39 is 0 Å². The van der Waals surface area contributed by atoms with Gasteiger partial charge in [0.15, 0.2) is 0 Å². The first-order valence-corrected chi connectivity index (χ1v) is 3.95. The van der Waals surface area contributed by atoms with Crippen molar-refractivity contribution in [2.24, 2.45) is 0 Å². The van der Waals surface area contributed by atoms with Crippen LogP contribution in [0.1, 0.15) is 0 Å². The van der Waals surface area contributed by atoms with E-state index in [9.17, 15) is 0 Å². The Kier molecular flexibility index (Phi) is 1.54. The third-order valence-electron chi connectivity index (χ3n) is 0.473. The molecule has 0 bridgehead atoms. The van der Waals surface area contributed by atoms with E-state index in [0.717, 1.165) is 0 Å². The number of hydrogen-bond acceptors (Lipinski definition) is 2. The van der Waals surface area contributed by atoms with Gasteiger partial charge in [0.2, 0.25) is 0 Å². The van der Waals surface area contributed by atoms with Crippen LogP contribution in [0, 0.1) is 0 Å². The predicted octanol–water partition coefficient (Wildman–Crippen LogP) is -1.29. The number of hydrogen-bond donors (Lipinski definition) is 2. The second kappa shape index (κ2) is 1.99. The molecule has 0 aromatic rings. The fourth-order valence-corrected chi connectivity index (χ4v) is 1.71. The van der Waals surface area contributed by atoms with Gasteiger partial charge in [-0.1, -0.05) is 0 Å². The molecule has 2 nitrogen and oxygen atoms in total. The van der Waals surface area contributed by atoms with Crippen LogP contribution in [0.5, 0.6) is 0 Å². The molecule has 0 atom stereocenters. The van der Waals surface area contributed by atoms with Crippen molar-refractivity contribution in [1.29, 1.82) is 0 Å². The van der Waals surface area contributed by atoms with Gasteiger partial charge in [0.05, 0.1) is 0 Å². The third-order valence-corrected chi connectivity index (χ3v) is 2.46. The van der Waals surface area contributed by atoms with Crippen LogP contribution in [0.25, 0.3) is 0 Å². The quantitative estimate of drug-likeness (QED) is 0.460. The first-order valence-electron chi connectivity index (χ1n) is 1.62. The van der Waals surface area contributed by atoms with Crippen molar-refractivity contribution in [1.82, 2.24) is 7.13 Å². The summed E-state index contributed by atoms with van der Waals surface area (Å²) in [6, 6.07) is 0. The van der Waals surface area contributed by atoms with E-state index in [2.05, 4.69) is 7.13 Å². The van der Waals surface area contributed by atoms with Crippen molar-refractivity contribution in [3.63, 3.8) is 0 Å². The maximum atomic E-state index is 3.24. The van der Waals surface area contributed by atoms with Crippen LogP contribution in [-0.4, -0.2) is 34.6 Å². The van der Waals surface area contributed by atoms with Crippen LogP contribution in [-0.2, 0) is 0 Å². The van der Waals surface area contributed by atoms with E-state index in [1.807, 2.05) is 0 Å². The fraction of sp³-hybridized carbons (Fsp3) is 1.00. The van der Waals surface area contributed by atoms with Gasteiger partial charge in [-0.25, -0.2) is 0 Å². The first-order chi connectivity index (χ1) is 2.50. The van der Waals surface area contributed by atoms with E-state index in [4.69, 9.17) is 0 Å². The average molecular weight is 186 g/mol. The van der Waals surface area contributed by atoms with Crippen LogP contribution in [0.4, 0.5) is 0 Å². The molecule has 2 N–H and O–H groups in total. The van der Waals surface area contributed by atoms with Gasteiger partial charge < -0.3 is 0 Å². The molecular formula is C2H6N2Te. The maximum absolute atomic E-state index is 3.24. The van der Waals surface area contributed by atoms with Crippen molar-refractivity contribution < 1.29 is 0 Å². The molecule has 0 saturated carbocycles. The SMILES string of the molecule is C1CN[Te]N1. The van der Waals surface area contributed by atoms with Crippen LogP contribution in [0.3, 0.4) is 0 Å². The van der Waals surface area contributed by atoms with E-state index >= 15 is 0 Å². The van der Waals surface area contributed by atoms with Gasteiger partial charge >= 0.3 is 41.7 Å². The normalized spacial score (nSPS) is 24.0. The minimum absolute atomic E-state index is 0.104. The molecule has 1 aliphatic heterocycles. The summed E-state index contributed by atoms with van der Waals surface area (Å²) in [7, 11) is 0. The molecule has 0 spiro atoms. The Balaban J connectivity index is 2.08. The van der Waals surface area contributed by atoms with Gasteiger partial charge in [0.25, 0.3) is 0 Å². The zero-order chi connectivity index (χ0) is 3.54. The third kappa shape index (κ3) is 1.06. The zero-order valence-corrected chi connectivity index (χ0v) is 5.15. The summed E-state index contributed by atoms with van der Waals surface area (Å²) in [5.74, 6) is 0. The van der Waals surface area contributed by atoms with Crippen LogP contribution >= 0.6 is 0 Å². The Bertz CT molecular complexity index is 19.2. The monoisotopic (exact) mass is 188 g/mol. The van der Waals surface area contributed by atoms with Crippen LogP contribution in [0.15, 0.2) is 0 Å². The molecule has 1 rings (SSSR count). The summed E-state index contributed by atoms with van der Waals surface area (Å²) in [4.78, 5) is 0. The second-order valence-corrected chi connectivity index (χ2v) is 3.12. The van der Waals surface area contributed by atoms with Gasteiger partial charge in [-0.15, -0.1) is 0 Å². The molecule has 0 aliphatic carbocycles. The predicted molar refractivity (Wildman–Crippen MR) is 21.8 cm³/mol. The van der Waals surface area contributed by atoms with Crippen molar-refractivity contribution in [2.75, 3.05) is 13.1 Å². The molecule has 0 radical (unpaired) electrons. The molecule has 5 heavy (non-hydrogen) atoms. The molecule has 30 valence electrons. The molecule has 0 aromatic heterocycles. The van der Waals surface area contributed by atoms with Crippen LogP contribution < -0.4 is 7.13 Å². The average Bonchev–Trinajstić information content (AvgIpc) is 1.76. The minimum atomic E-state index is 0.104. The Morgan fingerprint density at radius 2 is 1.80 bits per heavy atom. The number of rotatable bonds is 0. The Morgan fingerprint density at radius 1 is 1.20 bits per heavy atom. The summed E-state index contributed by atoms with van der Waals surface area (Å²) >= 11 is 0.104. The van der Waals surface area contributed by atoms with Gasteiger partial charge in [-0.3, -0.25) is 0 Å². The fourth-order valence-electron chi connectivity index (χ4n) is 0.255. The standard InChI is InChI=1S/C2H6N2Te/c1-2-4-5-3-1/h3-4H,1-2H2. The van der Waals surface area contributed by atoms with E-state index in [-0.39, 0.29) is 21.5 Å². The van der Waals surface area contributed by atoms with Gasteiger partial charge in [-0.2, -0.15) is 0 Å². The molecular weight excluding hydrogens is 180 g/mol. The van der Waals surface area contributed by atoms with Gasteiger partial charge in [0, 0.05) is 0 Å². The first kappa shape index (κ1) is 3.88. The Hall–Kier alpha value is 0.710. The van der Waals surface area contributed by atoms with E-state index in [1.165, 1.54) is 13.1 Å². The van der Waals surface area contributed by atoms with Crippen molar-refractivity contribution in [3.05, 3.63) is 0 Å². The molecule has 1 heterocycles. The second-order valence-electron chi connectivity index (χ2n) is 0.891. The van der Waals surface area contributed by atoms with Gasteiger partial charge in [0.1, 0.15) is 0 Å². The summed E-state index contributed by atoms with van der Waals surface area (Å²) < 4.78 is 6.48.